The lowest BCUT2D eigenvalue weighted by Gasteiger charge is -2.22. The summed E-state index contributed by atoms with van der Waals surface area (Å²) in [5, 5.41) is 21.7. The maximum Gasteiger partial charge on any atom is 0.215 e. The minimum atomic E-state index is -1.19. The van der Waals surface area contributed by atoms with Gasteiger partial charge in [-0.05, 0) is 30.3 Å². The van der Waals surface area contributed by atoms with Crippen molar-refractivity contribution < 1.29 is 4.74 Å². The van der Waals surface area contributed by atoms with Crippen molar-refractivity contribution in [2.24, 2.45) is 0 Å². The fourth-order valence-electron chi connectivity index (χ4n) is 3.11. The molecule has 34 heavy (non-hydrogen) atoms. The molecule has 4 aromatic heterocycles. The van der Waals surface area contributed by atoms with Gasteiger partial charge >= 0.3 is 0 Å². The topological polar surface area (TPSA) is 102 Å². The first-order chi connectivity index (χ1) is 16.3. The number of hydrogen-bond acceptors (Lipinski definition) is 10. The van der Waals surface area contributed by atoms with Crippen LogP contribution in [0.15, 0.2) is 42.9 Å². The Hall–Kier alpha value is -3.02. The van der Waals surface area contributed by atoms with Gasteiger partial charge in [0.25, 0.3) is 0 Å². The molecule has 11 heteroatoms. The minimum Gasteiger partial charge on any atom is -0.361 e. The molecule has 0 saturated heterocycles. The number of anilines is 4. The summed E-state index contributed by atoms with van der Waals surface area (Å²) >= 11 is 1.57. The van der Waals surface area contributed by atoms with Gasteiger partial charge in [0.05, 0.1) is 29.3 Å². The lowest BCUT2D eigenvalue weighted by molar-refractivity contribution is 0.153. The summed E-state index contributed by atoms with van der Waals surface area (Å²) in [5.74, 6) is 1.04. The van der Waals surface area contributed by atoms with E-state index in [0.29, 0.717) is 19.3 Å². The van der Waals surface area contributed by atoms with Crippen LogP contribution in [0.3, 0.4) is 0 Å². The summed E-state index contributed by atoms with van der Waals surface area (Å²) < 4.78 is 6.10. The molecule has 0 fully saturated rings. The van der Waals surface area contributed by atoms with Gasteiger partial charge in [-0.1, -0.05) is 44.8 Å². The largest absolute Gasteiger partial charge is 0.361 e. The van der Waals surface area contributed by atoms with Gasteiger partial charge in [-0.3, -0.25) is 9.88 Å². The second-order valence-corrected chi connectivity index (χ2v) is 16.1. The van der Waals surface area contributed by atoms with E-state index < -0.39 is 8.07 Å². The molecule has 0 unspecified atom stereocenters. The zero-order chi connectivity index (χ0) is 24.1. The molecule has 4 heterocycles. The molecule has 4 aromatic rings. The number of nitrogens with one attached hydrogen (secondary N) is 1. The Kier molecular flexibility index (Phi) is 7.44. The van der Waals surface area contributed by atoms with Crippen molar-refractivity contribution in [1.29, 1.82) is 0 Å². The fraction of sp³-hybridized carbons (Fsp3) is 0.391. The number of hydrogen-bond donors (Lipinski definition) is 1. The molecular weight excluding hydrogens is 464 g/mol. The quantitative estimate of drug-likeness (QED) is 0.172. The predicted molar refractivity (Wildman–Crippen MR) is 140 cm³/mol. The maximum absolute atomic E-state index is 6.10. The van der Waals surface area contributed by atoms with E-state index in [9.17, 15) is 0 Å². The third-order valence-electron chi connectivity index (χ3n) is 5.08. The van der Waals surface area contributed by atoms with Crippen LogP contribution < -0.4 is 10.2 Å². The van der Waals surface area contributed by atoms with Gasteiger partial charge < -0.3 is 10.1 Å². The fourth-order valence-corrected chi connectivity index (χ4v) is 4.71. The Balaban J connectivity index is 1.67. The first-order valence-corrected chi connectivity index (χ1v) is 15.8. The number of ether oxygens (including phenoxy) is 1. The summed E-state index contributed by atoms with van der Waals surface area (Å²) in [6, 6.07) is 8.77. The van der Waals surface area contributed by atoms with E-state index in [1.807, 2.05) is 29.2 Å². The summed E-state index contributed by atoms with van der Waals surface area (Å²) in [6.45, 7) is 12.3. The molecule has 0 aliphatic carbocycles. The van der Waals surface area contributed by atoms with E-state index in [2.05, 4.69) is 64.2 Å². The predicted octanol–water partition coefficient (Wildman–Crippen LogP) is 5.59. The van der Waals surface area contributed by atoms with Crippen molar-refractivity contribution in [3.05, 3.63) is 47.9 Å². The first kappa shape index (κ1) is 24.1. The van der Waals surface area contributed by atoms with Crippen molar-refractivity contribution in [2.75, 3.05) is 23.6 Å². The van der Waals surface area contributed by atoms with Crippen LogP contribution in [0.25, 0.3) is 11.0 Å². The monoisotopic (exact) mass is 494 g/mol. The van der Waals surface area contributed by atoms with Crippen LogP contribution in [0.4, 0.5) is 22.3 Å². The van der Waals surface area contributed by atoms with Gasteiger partial charge in [0.2, 0.25) is 5.13 Å². The molecule has 0 saturated carbocycles. The molecule has 178 valence electrons. The number of nitrogens with zero attached hydrogens (tertiary/aromatic N) is 7. The van der Waals surface area contributed by atoms with Gasteiger partial charge in [0, 0.05) is 26.8 Å². The van der Waals surface area contributed by atoms with Gasteiger partial charge in [0.15, 0.2) is 0 Å². The molecule has 0 aliphatic heterocycles. The Bertz CT molecular complexity index is 1230. The van der Waals surface area contributed by atoms with Crippen LogP contribution in [0.1, 0.15) is 24.8 Å². The second-order valence-electron chi connectivity index (χ2n) is 9.51. The summed E-state index contributed by atoms with van der Waals surface area (Å²) in [5.41, 5.74) is 3.19. The molecule has 0 radical (unpaired) electrons. The third kappa shape index (κ3) is 6.10. The van der Waals surface area contributed by atoms with E-state index in [-0.39, 0.29) is 0 Å². The molecule has 0 atom stereocenters. The highest BCUT2D eigenvalue weighted by atomic mass is 32.1. The van der Waals surface area contributed by atoms with Crippen LogP contribution in [0.5, 0.6) is 0 Å². The lowest BCUT2D eigenvalue weighted by Crippen LogP contribution is -2.26. The van der Waals surface area contributed by atoms with Crippen LogP contribution in [0, 0.1) is 0 Å². The van der Waals surface area contributed by atoms with Crippen molar-refractivity contribution in [1.82, 2.24) is 30.4 Å². The number of aromatic nitrogens is 6. The van der Waals surface area contributed by atoms with Crippen LogP contribution >= 0.6 is 11.3 Å². The molecule has 1 N–H and O–H groups in total. The highest BCUT2D eigenvalue weighted by Gasteiger charge is 2.20. The van der Waals surface area contributed by atoms with E-state index in [1.165, 1.54) is 0 Å². The van der Waals surface area contributed by atoms with Crippen molar-refractivity contribution >= 4 is 52.8 Å². The first-order valence-electron chi connectivity index (χ1n) is 11.3. The van der Waals surface area contributed by atoms with Crippen LogP contribution in [-0.4, -0.2) is 51.8 Å². The molecule has 0 spiro atoms. The number of rotatable bonds is 10. The average molecular weight is 495 g/mol. The molecule has 0 aromatic carbocycles. The zero-order valence-electron chi connectivity index (χ0n) is 20.2. The van der Waals surface area contributed by atoms with Gasteiger partial charge in [-0.2, -0.15) is 10.2 Å². The molecule has 9 nitrogen and oxygen atoms in total. The van der Waals surface area contributed by atoms with Crippen LogP contribution in [0.2, 0.25) is 25.7 Å². The van der Waals surface area contributed by atoms with Gasteiger partial charge in [-0.25, -0.2) is 4.98 Å². The average Bonchev–Trinajstić information content (AvgIpc) is 3.29. The second kappa shape index (κ2) is 10.5. The SMILES string of the molecule is CC(C)c1nnc(N(COCC[Si](C)(C)C)c2ccc3nccc(Nc4ccnnc4)c3n2)s1. The number of fused-ring (bicyclic) bond motifs is 1. The normalized spacial score (nSPS) is 11.8. The highest BCUT2D eigenvalue weighted by Crippen LogP contribution is 2.32. The standard InChI is InChI=1S/C23H30N8OSSi/c1-16(2)22-29-30-23(33-22)31(15-32-12-13-34(3,4)5)20-7-6-18-21(28-20)19(9-10-24-18)27-17-8-11-25-26-14-17/h6-11,14,16H,12-13,15H2,1-5H3,(H,24,25,27). The highest BCUT2D eigenvalue weighted by molar-refractivity contribution is 7.15. The van der Waals surface area contributed by atoms with Crippen molar-refractivity contribution in [3.8, 4) is 0 Å². The van der Waals surface area contributed by atoms with Crippen molar-refractivity contribution in [2.45, 2.75) is 45.5 Å². The van der Waals surface area contributed by atoms with Gasteiger partial charge in [0.1, 0.15) is 23.1 Å². The molecule has 0 aliphatic rings. The van der Waals surface area contributed by atoms with E-state index in [4.69, 9.17) is 9.72 Å². The molecule has 0 amide bonds. The number of pyridine rings is 2. The Morgan fingerprint density at radius 3 is 2.62 bits per heavy atom. The minimum absolute atomic E-state index is 0.305. The van der Waals surface area contributed by atoms with Crippen molar-refractivity contribution in [3.63, 3.8) is 0 Å². The summed E-state index contributed by atoms with van der Waals surface area (Å²) in [7, 11) is -1.19. The Labute approximate surface area is 204 Å². The smallest absolute Gasteiger partial charge is 0.215 e. The van der Waals surface area contributed by atoms with E-state index in [1.54, 1.807) is 29.9 Å². The van der Waals surface area contributed by atoms with Gasteiger partial charge in [-0.15, -0.1) is 10.2 Å². The lowest BCUT2D eigenvalue weighted by atomic mass is 10.2. The zero-order valence-corrected chi connectivity index (χ0v) is 22.0. The third-order valence-corrected chi connectivity index (χ3v) is 8.03. The molecule has 4 rings (SSSR count). The Morgan fingerprint density at radius 2 is 1.91 bits per heavy atom. The Morgan fingerprint density at radius 1 is 1.06 bits per heavy atom. The molecule has 0 bridgehead atoms. The van der Waals surface area contributed by atoms with E-state index >= 15 is 0 Å². The van der Waals surface area contributed by atoms with Crippen LogP contribution in [-0.2, 0) is 4.74 Å². The maximum atomic E-state index is 6.10. The van der Waals surface area contributed by atoms with E-state index in [0.717, 1.165) is 44.4 Å². The molecular formula is C23H30N8OSSi. The summed E-state index contributed by atoms with van der Waals surface area (Å²) in [6.07, 6.45) is 5.08. The summed E-state index contributed by atoms with van der Waals surface area (Å²) in [4.78, 5) is 11.4.